The second kappa shape index (κ2) is 5.46. The molecular formula is C13H14O4S. The van der Waals surface area contributed by atoms with Crippen molar-refractivity contribution in [3.05, 3.63) is 35.1 Å². The summed E-state index contributed by atoms with van der Waals surface area (Å²) in [5, 5.41) is 19.0. The van der Waals surface area contributed by atoms with Crippen LogP contribution in [-0.4, -0.2) is 35.1 Å². The fourth-order valence-electron chi connectivity index (χ4n) is 1.75. The Morgan fingerprint density at radius 2 is 2.33 bits per heavy atom. The molecule has 0 amide bonds. The fraction of sp³-hybridized carbons (Fsp3) is 0.308. The molecule has 1 atom stereocenters. The summed E-state index contributed by atoms with van der Waals surface area (Å²) < 4.78 is 4.57. The third-order valence-electron chi connectivity index (χ3n) is 2.76. The van der Waals surface area contributed by atoms with Crippen molar-refractivity contribution in [3.63, 3.8) is 0 Å². The van der Waals surface area contributed by atoms with Gasteiger partial charge >= 0.3 is 5.97 Å². The van der Waals surface area contributed by atoms with Gasteiger partial charge in [-0.05, 0) is 29.3 Å². The highest BCUT2D eigenvalue weighted by Gasteiger charge is 2.18. The standard InChI is InChI=1S/C13H14O4S/c1-17-13(16)7-18-10-3-2-8-5-11(14)12(15)6-9(8)4-10/h2-4,6,11,14-15H,5,7H2,1H3. The first kappa shape index (κ1) is 13.0. The van der Waals surface area contributed by atoms with Crippen LogP contribution < -0.4 is 0 Å². The van der Waals surface area contributed by atoms with Gasteiger partial charge in [0.05, 0.1) is 12.9 Å². The van der Waals surface area contributed by atoms with Gasteiger partial charge in [-0.15, -0.1) is 11.8 Å². The van der Waals surface area contributed by atoms with Crippen LogP contribution >= 0.6 is 11.8 Å². The van der Waals surface area contributed by atoms with Crippen LogP contribution in [-0.2, 0) is 16.0 Å². The van der Waals surface area contributed by atoms with Crippen LogP contribution in [0.1, 0.15) is 11.1 Å². The van der Waals surface area contributed by atoms with Crippen LogP contribution in [0, 0.1) is 0 Å². The minimum atomic E-state index is -0.814. The van der Waals surface area contributed by atoms with Gasteiger partial charge in [0.1, 0.15) is 11.9 Å². The van der Waals surface area contributed by atoms with E-state index >= 15 is 0 Å². The molecule has 2 N–H and O–H groups in total. The highest BCUT2D eigenvalue weighted by Crippen LogP contribution is 2.28. The van der Waals surface area contributed by atoms with Gasteiger partial charge in [-0.1, -0.05) is 6.07 Å². The van der Waals surface area contributed by atoms with Crippen LogP contribution in [0.4, 0.5) is 0 Å². The van der Waals surface area contributed by atoms with Crippen molar-refractivity contribution in [2.24, 2.45) is 0 Å². The quantitative estimate of drug-likeness (QED) is 0.644. The molecule has 0 radical (unpaired) electrons. The predicted molar refractivity (Wildman–Crippen MR) is 69.5 cm³/mol. The lowest BCUT2D eigenvalue weighted by atomic mass is 9.94. The first-order chi connectivity index (χ1) is 8.60. The number of carbonyl (C=O) groups excluding carboxylic acids is 1. The van der Waals surface area contributed by atoms with E-state index < -0.39 is 6.10 Å². The number of aliphatic hydroxyl groups excluding tert-OH is 2. The summed E-state index contributed by atoms with van der Waals surface area (Å²) in [5.41, 5.74) is 1.87. The van der Waals surface area contributed by atoms with Crippen molar-refractivity contribution in [1.82, 2.24) is 0 Å². The predicted octanol–water partition coefficient (Wildman–Crippen LogP) is 1.77. The summed E-state index contributed by atoms with van der Waals surface area (Å²) in [7, 11) is 1.36. The van der Waals surface area contributed by atoms with Gasteiger partial charge in [0.25, 0.3) is 0 Å². The number of carbonyl (C=O) groups is 1. The van der Waals surface area contributed by atoms with E-state index in [1.54, 1.807) is 6.08 Å². The first-order valence-electron chi connectivity index (χ1n) is 5.51. The number of methoxy groups -OCH3 is 1. The van der Waals surface area contributed by atoms with E-state index in [4.69, 9.17) is 0 Å². The minimum absolute atomic E-state index is 0.0161. The van der Waals surface area contributed by atoms with Crippen molar-refractivity contribution < 1.29 is 19.7 Å². The van der Waals surface area contributed by atoms with E-state index in [9.17, 15) is 15.0 Å². The molecule has 0 aromatic heterocycles. The van der Waals surface area contributed by atoms with E-state index in [0.29, 0.717) is 6.42 Å². The van der Waals surface area contributed by atoms with E-state index in [2.05, 4.69) is 4.74 Å². The molecule has 0 bridgehead atoms. The van der Waals surface area contributed by atoms with E-state index in [1.165, 1.54) is 18.9 Å². The Hall–Kier alpha value is -1.46. The Balaban J connectivity index is 2.14. The third kappa shape index (κ3) is 2.86. The number of hydrogen-bond acceptors (Lipinski definition) is 5. The molecule has 0 saturated heterocycles. The third-order valence-corrected chi connectivity index (χ3v) is 3.73. The van der Waals surface area contributed by atoms with E-state index in [-0.39, 0.29) is 17.5 Å². The van der Waals surface area contributed by atoms with Crippen molar-refractivity contribution in [3.8, 4) is 0 Å². The average molecular weight is 266 g/mol. The number of hydrogen-bond donors (Lipinski definition) is 2. The molecule has 1 aromatic rings. The molecular weight excluding hydrogens is 252 g/mol. The van der Waals surface area contributed by atoms with Gasteiger partial charge in [0.2, 0.25) is 0 Å². The maximum Gasteiger partial charge on any atom is 0.315 e. The number of ether oxygens (including phenoxy) is 1. The Kier molecular flexibility index (Phi) is 3.93. The summed E-state index contributed by atoms with van der Waals surface area (Å²) >= 11 is 1.38. The highest BCUT2D eigenvalue weighted by atomic mass is 32.2. The topological polar surface area (TPSA) is 66.8 Å². The number of thioether (sulfide) groups is 1. The molecule has 0 aliphatic heterocycles. The Bertz CT molecular complexity index is 496. The molecule has 1 aromatic carbocycles. The van der Waals surface area contributed by atoms with E-state index in [1.807, 2.05) is 18.2 Å². The summed E-state index contributed by atoms with van der Waals surface area (Å²) in [6, 6.07) is 5.70. The minimum Gasteiger partial charge on any atom is -0.510 e. The first-order valence-corrected chi connectivity index (χ1v) is 6.50. The summed E-state index contributed by atoms with van der Waals surface area (Å²) in [6.07, 6.45) is 1.16. The second-order valence-electron chi connectivity index (χ2n) is 4.01. The molecule has 0 fully saturated rings. The van der Waals surface area contributed by atoms with Crippen LogP contribution in [0.2, 0.25) is 0 Å². The monoisotopic (exact) mass is 266 g/mol. The molecule has 96 valence electrons. The average Bonchev–Trinajstić information content (AvgIpc) is 2.37. The second-order valence-corrected chi connectivity index (χ2v) is 5.06. The zero-order valence-corrected chi connectivity index (χ0v) is 10.7. The lowest BCUT2D eigenvalue weighted by Crippen LogP contribution is -2.17. The van der Waals surface area contributed by atoms with Gasteiger partial charge in [-0.2, -0.15) is 0 Å². The van der Waals surface area contributed by atoms with E-state index in [0.717, 1.165) is 16.0 Å². The fourth-order valence-corrected chi connectivity index (χ4v) is 2.53. The Morgan fingerprint density at radius 1 is 1.56 bits per heavy atom. The number of aliphatic hydroxyl groups is 2. The molecule has 1 aliphatic carbocycles. The number of benzene rings is 1. The van der Waals surface area contributed by atoms with Crippen LogP contribution in [0.15, 0.2) is 28.9 Å². The molecule has 4 nitrogen and oxygen atoms in total. The Morgan fingerprint density at radius 3 is 3.06 bits per heavy atom. The van der Waals surface area contributed by atoms with Gasteiger partial charge in [-0.25, -0.2) is 0 Å². The zero-order valence-electron chi connectivity index (χ0n) is 9.92. The molecule has 18 heavy (non-hydrogen) atoms. The molecule has 1 unspecified atom stereocenters. The van der Waals surface area contributed by atoms with Crippen molar-refractivity contribution in [2.45, 2.75) is 17.4 Å². The summed E-state index contributed by atoms with van der Waals surface area (Å²) in [4.78, 5) is 12.0. The molecule has 5 heteroatoms. The summed E-state index contributed by atoms with van der Waals surface area (Å²) in [6.45, 7) is 0. The van der Waals surface area contributed by atoms with Crippen molar-refractivity contribution in [2.75, 3.05) is 12.9 Å². The molecule has 0 heterocycles. The summed E-state index contributed by atoms with van der Waals surface area (Å²) in [5.74, 6) is -0.0303. The molecule has 0 saturated carbocycles. The number of esters is 1. The van der Waals surface area contributed by atoms with Gasteiger partial charge < -0.3 is 14.9 Å². The molecule has 1 aliphatic rings. The highest BCUT2D eigenvalue weighted by molar-refractivity contribution is 8.00. The largest absolute Gasteiger partial charge is 0.510 e. The van der Waals surface area contributed by atoms with Crippen molar-refractivity contribution >= 4 is 23.8 Å². The van der Waals surface area contributed by atoms with Crippen molar-refractivity contribution in [1.29, 1.82) is 0 Å². The Labute approximate surface area is 109 Å². The SMILES string of the molecule is COC(=O)CSc1ccc2c(c1)C=C(O)C(O)C2. The maximum atomic E-state index is 11.0. The zero-order chi connectivity index (χ0) is 13.1. The lowest BCUT2D eigenvalue weighted by Gasteiger charge is -2.18. The van der Waals surface area contributed by atoms with Gasteiger partial charge in [-0.3, -0.25) is 4.79 Å². The number of fused-ring (bicyclic) bond motifs is 1. The van der Waals surface area contributed by atoms with Crippen LogP contribution in [0.25, 0.3) is 6.08 Å². The molecule has 0 spiro atoms. The van der Waals surface area contributed by atoms with Gasteiger partial charge in [0.15, 0.2) is 0 Å². The van der Waals surface area contributed by atoms with Crippen LogP contribution in [0.5, 0.6) is 0 Å². The molecule has 2 rings (SSSR count). The maximum absolute atomic E-state index is 11.0. The van der Waals surface area contributed by atoms with Gasteiger partial charge in [0, 0.05) is 11.3 Å². The lowest BCUT2D eigenvalue weighted by molar-refractivity contribution is -0.137. The number of rotatable bonds is 3. The smallest absolute Gasteiger partial charge is 0.315 e. The normalized spacial score (nSPS) is 17.9. The van der Waals surface area contributed by atoms with Crippen LogP contribution in [0.3, 0.4) is 0 Å².